The molecule has 27 heavy (non-hydrogen) atoms. The Labute approximate surface area is 165 Å². The molecule has 0 fully saturated rings. The largest absolute Gasteiger partial charge is 1.00 e. The van der Waals surface area contributed by atoms with Crippen LogP contribution in [0.15, 0.2) is 36.4 Å². The van der Waals surface area contributed by atoms with Crippen LogP contribution < -0.4 is 36.5 Å². The fourth-order valence-corrected chi connectivity index (χ4v) is 3.15. The summed E-state index contributed by atoms with van der Waals surface area (Å²) in [7, 11) is 4.86. The molecule has 2 aromatic carbocycles. The number of halogens is 1. The minimum atomic E-state index is 0. The minimum Gasteiger partial charge on any atom is -1.00 e. The molecule has 0 aliphatic rings. The van der Waals surface area contributed by atoms with E-state index in [9.17, 15) is 0 Å². The Hall–Kier alpha value is -2.60. The van der Waals surface area contributed by atoms with Gasteiger partial charge in [-0.25, -0.2) is 9.55 Å². The number of methoxy groups -OCH3 is 3. The Balaban J connectivity index is 0.00000261. The van der Waals surface area contributed by atoms with Gasteiger partial charge in [0.15, 0.2) is 11.5 Å². The number of fused-ring (bicyclic) bond motifs is 1. The number of ether oxygens (including phenoxy) is 3. The fourth-order valence-electron chi connectivity index (χ4n) is 3.15. The van der Waals surface area contributed by atoms with Crippen LogP contribution in [0.25, 0.3) is 11.0 Å². The van der Waals surface area contributed by atoms with Crippen LogP contribution in [0.4, 0.5) is 5.95 Å². The van der Waals surface area contributed by atoms with Gasteiger partial charge >= 0.3 is 5.95 Å². The molecule has 1 aromatic heterocycles. The predicted molar refractivity (Wildman–Crippen MR) is 102 cm³/mol. The van der Waals surface area contributed by atoms with E-state index in [1.165, 1.54) is 5.52 Å². The summed E-state index contributed by atoms with van der Waals surface area (Å²) in [6.07, 6.45) is 1.06. The molecule has 6 nitrogen and oxygen atoms in total. The number of para-hydroxylation sites is 2. The number of hydrogen-bond acceptors (Lipinski definition) is 4. The van der Waals surface area contributed by atoms with Gasteiger partial charge in [0.25, 0.3) is 0 Å². The average Bonchev–Trinajstić information content (AvgIpc) is 3.03. The van der Waals surface area contributed by atoms with E-state index in [0.29, 0.717) is 23.8 Å². The highest BCUT2D eigenvalue weighted by molar-refractivity contribution is 5.72. The highest BCUT2D eigenvalue weighted by atomic mass is 35.5. The van der Waals surface area contributed by atoms with Gasteiger partial charge in [0.1, 0.15) is 11.0 Å². The first-order valence-corrected chi connectivity index (χ1v) is 8.75. The number of hydrogen-bond donors (Lipinski definition) is 2. The van der Waals surface area contributed by atoms with Crippen molar-refractivity contribution in [1.82, 2.24) is 4.98 Å². The lowest BCUT2D eigenvalue weighted by Gasteiger charge is -2.13. The molecule has 146 valence electrons. The number of aromatic nitrogens is 2. The standard InChI is InChI=1S/C20H25N3O3.ClH/c1-5-10-23-16-9-7-6-8-15(16)22-20(23)21-13-14-11-17(24-2)19(26-4)18(12-14)25-3;/h6-9,11-12H,5,10,13H2,1-4H3,(H,21,22);1H. The van der Waals surface area contributed by atoms with Crippen molar-refractivity contribution < 1.29 is 31.2 Å². The Morgan fingerprint density at radius 2 is 1.67 bits per heavy atom. The average molecular weight is 392 g/mol. The maximum Gasteiger partial charge on any atom is 0.356 e. The van der Waals surface area contributed by atoms with E-state index in [1.54, 1.807) is 21.3 Å². The van der Waals surface area contributed by atoms with Gasteiger partial charge in [-0.1, -0.05) is 19.1 Å². The van der Waals surface area contributed by atoms with E-state index in [4.69, 9.17) is 14.2 Å². The zero-order valence-electron chi connectivity index (χ0n) is 16.1. The number of aryl methyl sites for hydroxylation is 1. The van der Waals surface area contributed by atoms with Crippen molar-refractivity contribution in [1.29, 1.82) is 0 Å². The van der Waals surface area contributed by atoms with Crippen LogP contribution >= 0.6 is 0 Å². The molecule has 0 saturated heterocycles. The molecule has 0 aliphatic heterocycles. The summed E-state index contributed by atoms with van der Waals surface area (Å²) >= 11 is 0. The van der Waals surface area contributed by atoms with Crippen LogP contribution in [0, 0.1) is 0 Å². The van der Waals surface area contributed by atoms with Crippen LogP contribution in [-0.2, 0) is 13.1 Å². The first-order valence-electron chi connectivity index (χ1n) is 8.75. The van der Waals surface area contributed by atoms with E-state index in [2.05, 4.69) is 40.0 Å². The highest BCUT2D eigenvalue weighted by Gasteiger charge is 2.18. The van der Waals surface area contributed by atoms with Crippen molar-refractivity contribution in [2.24, 2.45) is 0 Å². The smallest absolute Gasteiger partial charge is 0.356 e. The number of nitrogens with one attached hydrogen (secondary N) is 2. The van der Waals surface area contributed by atoms with E-state index < -0.39 is 0 Å². The van der Waals surface area contributed by atoms with Crippen molar-refractivity contribution in [2.45, 2.75) is 26.4 Å². The first-order chi connectivity index (χ1) is 12.7. The van der Waals surface area contributed by atoms with E-state index in [1.807, 2.05) is 18.2 Å². The van der Waals surface area contributed by atoms with Crippen LogP contribution in [0.5, 0.6) is 17.2 Å². The molecule has 1 heterocycles. The summed E-state index contributed by atoms with van der Waals surface area (Å²) in [4.78, 5) is 3.46. The second kappa shape index (κ2) is 9.37. The van der Waals surface area contributed by atoms with Crippen LogP contribution in [0.3, 0.4) is 0 Å². The Morgan fingerprint density at radius 3 is 2.26 bits per heavy atom. The molecule has 3 aromatic rings. The van der Waals surface area contributed by atoms with E-state index in [0.717, 1.165) is 30.0 Å². The lowest BCUT2D eigenvalue weighted by Crippen LogP contribution is -3.00. The lowest BCUT2D eigenvalue weighted by molar-refractivity contribution is -0.657. The number of aromatic amines is 1. The molecule has 0 saturated carbocycles. The van der Waals surface area contributed by atoms with E-state index >= 15 is 0 Å². The van der Waals surface area contributed by atoms with Gasteiger partial charge in [-0.3, -0.25) is 5.32 Å². The highest BCUT2D eigenvalue weighted by Crippen LogP contribution is 2.38. The third kappa shape index (κ3) is 4.22. The maximum absolute atomic E-state index is 5.44. The lowest BCUT2D eigenvalue weighted by atomic mass is 10.2. The van der Waals surface area contributed by atoms with E-state index in [-0.39, 0.29) is 12.4 Å². The number of H-pyrrole nitrogens is 1. The zero-order chi connectivity index (χ0) is 18.5. The number of benzene rings is 2. The first kappa shape index (κ1) is 20.7. The van der Waals surface area contributed by atoms with Crippen molar-refractivity contribution >= 4 is 17.0 Å². The van der Waals surface area contributed by atoms with Crippen LogP contribution in [0.2, 0.25) is 0 Å². The molecule has 0 radical (unpaired) electrons. The van der Waals surface area contributed by atoms with Gasteiger partial charge in [-0.15, -0.1) is 0 Å². The summed E-state index contributed by atoms with van der Waals surface area (Å²) in [5.41, 5.74) is 3.36. The molecule has 7 heteroatoms. The Morgan fingerprint density at radius 1 is 1.00 bits per heavy atom. The fraction of sp³-hybridized carbons (Fsp3) is 0.350. The number of anilines is 1. The zero-order valence-corrected chi connectivity index (χ0v) is 16.9. The summed E-state index contributed by atoms with van der Waals surface area (Å²) in [6, 6.07) is 12.2. The second-order valence-corrected chi connectivity index (χ2v) is 6.03. The number of nitrogens with zero attached hydrogens (tertiary/aromatic N) is 1. The van der Waals surface area contributed by atoms with Crippen LogP contribution in [0.1, 0.15) is 18.9 Å². The number of rotatable bonds is 8. The van der Waals surface area contributed by atoms with Crippen molar-refractivity contribution in [2.75, 3.05) is 26.6 Å². The third-order valence-electron chi connectivity index (χ3n) is 4.35. The topological polar surface area (TPSA) is 59.4 Å². The maximum atomic E-state index is 5.44. The second-order valence-electron chi connectivity index (χ2n) is 6.03. The quantitative estimate of drug-likeness (QED) is 0.549. The van der Waals surface area contributed by atoms with Gasteiger partial charge in [0.2, 0.25) is 5.75 Å². The summed E-state index contributed by atoms with van der Waals surface area (Å²) < 4.78 is 18.5. The predicted octanol–water partition coefficient (Wildman–Crippen LogP) is 0.507. The molecule has 2 N–H and O–H groups in total. The van der Waals surface area contributed by atoms with Gasteiger partial charge in [0.05, 0.1) is 34.4 Å². The molecular formula is C20H26ClN3O3. The minimum absolute atomic E-state index is 0. The summed E-state index contributed by atoms with van der Waals surface area (Å²) in [5.74, 6) is 2.90. The molecule has 3 rings (SSSR count). The van der Waals surface area contributed by atoms with Crippen molar-refractivity contribution in [3.05, 3.63) is 42.0 Å². The molecule has 0 aliphatic carbocycles. The van der Waals surface area contributed by atoms with Crippen LogP contribution in [-0.4, -0.2) is 26.3 Å². The van der Waals surface area contributed by atoms with Crippen molar-refractivity contribution in [3.8, 4) is 17.2 Å². The third-order valence-corrected chi connectivity index (χ3v) is 4.35. The molecule has 0 unspecified atom stereocenters. The molecular weight excluding hydrogens is 366 g/mol. The molecule has 0 spiro atoms. The van der Waals surface area contributed by atoms with Gasteiger partial charge in [0, 0.05) is 0 Å². The van der Waals surface area contributed by atoms with Crippen molar-refractivity contribution in [3.63, 3.8) is 0 Å². The normalized spacial score (nSPS) is 10.4. The molecule has 0 atom stereocenters. The van der Waals surface area contributed by atoms with Gasteiger partial charge in [-0.2, -0.15) is 0 Å². The van der Waals surface area contributed by atoms with Gasteiger partial charge in [-0.05, 0) is 36.2 Å². The Kier molecular flexibility index (Phi) is 7.19. The monoisotopic (exact) mass is 391 g/mol. The summed E-state index contributed by atoms with van der Waals surface area (Å²) in [6.45, 7) is 3.76. The SMILES string of the molecule is CCC[n+]1c(NCc2cc(OC)c(OC)c(OC)c2)[nH]c2ccccc21.[Cl-]. The number of imidazole rings is 1. The van der Waals surface area contributed by atoms with Gasteiger partial charge < -0.3 is 26.6 Å². The molecule has 0 amide bonds. The Bertz CT molecular complexity index is 870. The molecule has 0 bridgehead atoms. The summed E-state index contributed by atoms with van der Waals surface area (Å²) in [5, 5.41) is 3.50.